The SMILES string of the molecule is CC(C)CCc1nc2c(C(C)C)[nH]nc2c(=O)[nH]1. The number of hydrogen-bond acceptors (Lipinski definition) is 3. The summed E-state index contributed by atoms with van der Waals surface area (Å²) in [6, 6.07) is 0. The molecule has 0 aliphatic heterocycles. The first-order valence-electron chi connectivity index (χ1n) is 6.46. The van der Waals surface area contributed by atoms with Gasteiger partial charge in [-0.05, 0) is 18.3 Å². The molecule has 18 heavy (non-hydrogen) atoms. The summed E-state index contributed by atoms with van der Waals surface area (Å²) >= 11 is 0. The Morgan fingerprint density at radius 3 is 2.50 bits per heavy atom. The van der Waals surface area contributed by atoms with E-state index in [2.05, 4.69) is 47.9 Å². The zero-order chi connectivity index (χ0) is 13.3. The summed E-state index contributed by atoms with van der Waals surface area (Å²) in [6.45, 7) is 8.44. The zero-order valence-corrected chi connectivity index (χ0v) is 11.4. The number of nitrogens with one attached hydrogen (secondary N) is 2. The van der Waals surface area contributed by atoms with Gasteiger partial charge in [-0.1, -0.05) is 27.7 Å². The van der Waals surface area contributed by atoms with E-state index in [4.69, 9.17) is 0 Å². The number of nitrogens with zero attached hydrogens (tertiary/aromatic N) is 2. The number of fused-ring (bicyclic) bond motifs is 1. The van der Waals surface area contributed by atoms with Crippen LogP contribution in [0.1, 0.15) is 51.6 Å². The molecule has 0 amide bonds. The molecule has 0 saturated heterocycles. The Bertz CT molecular complexity index is 595. The summed E-state index contributed by atoms with van der Waals surface area (Å²) in [4.78, 5) is 19.3. The van der Waals surface area contributed by atoms with E-state index in [9.17, 15) is 4.79 Å². The molecule has 2 rings (SSSR count). The Hall–Kier alpha value is -1.65. The molecule has 0 atom stereocenters. The first-order valence-corrected chi connectivity index (χ1v) is 6.46. The molecule has 2 N–H and O–H groups in total. The molecule has 0 fully saturated rings. The van der Waals surface area contributed by atoms with Crippen LogP contribution in [0.25, 0.3) is 11.0 Å². The Kier molecular flexibility index (Phi) is 3.50. The van der Waals surface area contributed by atoms with E-state index in [1.54, 1.807) is 0 Å². The van der Waals surface area contributed by atoms with Gasteiger partial charge in [0.2, 0.25) is 0 Å². The van der Waals surface area contributed by atoms with Crippen LogP contribution in [-0.4, -0.2) is 20.2 Å². The van der Waals surface area contributed by atoms with Crippen LogP contribution in [0.5, 0.6) is 0 Å². The Morgan fingerprint density at radius 2 is 1.89 bits per heavy atom. The predicted octanol–water partition coefficient (Wildman–Crippen LogP) is 2.36. The fourth-order valence-electron chi connectivity index (χ4n) is 1.92. The smallest absolute Gasteiger partial charge is 0.279 e. The maximum absolute atomic E-state index is 11.9. The Balaban J connectivity index is 2.45. The molecule has 0 aliphatic rings. The van der Waals surface area contributed by atoms with Gasteiger partial charge < -0.3 is 4.98 Å². The molecule has 0 unspecified atom stereocenters. The molecule has 2 heterocycles. The molecule has 5 nitrogen and oxygen atoms in total. The molecule has 5 heteroatoms. The molecule has 2 aromatic rings. The molecular formula is C13H20N4O. The summed E-state index contributed by atoms with van der Waals surface area (Å²) in [5.74, 6) is 1.63. The van der Waals surface area contributed by atoms with Gasteiger partial charge in [-0.25, -0.2) is 4.98 Å². The Morgan fingerprint density at radius 1 is 1.17 bits per heavy atom. The number of H-pyrrole nitrogens is 2. The average molecular weight is 248 g/mol. The Labute approximate surface area is 106 Å². The minimum Gasteiger partial charge on any atom is -0.309 e. The fraction of sp³-hybridized carbons (Fsp3) is 0.615. The quantitative estimate of drug-likeness (QED) is 0.872. The first kappa shape index (κ1) is 12.8. The van der Waals surface area contributed by atoms with E-state index in [0.29, 0.717) is 17.0 Å². The molecular weight excluding hydrogens is 228 g/mol. The van der Waals surface area contributed by atoms with Gasteiger partial charge in [0.15, 0.2) is 5.52 Å². The summed E-state index contributed by atoms with van der Waals surface area (Å²) < 4.78 is 0. The number of rotatable bonds is 4. The van der Waals surface area contributed by atoms with Crippen LogP contribution in [0.2, 0.25) is 0 Å². The van der Waals surface area contributed by atoms with Crippen molar-refractivity contribution in [1.29, 1.82) is 0 Å². The minimum absolute atomic E-state index is 0.151. The van der Waals surface area contributed by atoms with Gasteiger partial charge in [0.25, 0.3) is 5.56 Å². The first-order chi connectivity index (χ1) is 8.49. The largest absolute Gasteiger partial charge is 0.309 e. The van der Waals surface area contributed by atoms with Crippen LogP contribution < -0.4 is 5.56 Å². The highest BCUT2D eigenvalue weighted by molar-refractivity contribution is 5.76. The number of aromatic amines is 2. The standard InChI is InChI=1S/C13H20N4O/c1-7(2)5-6-9-14-11-10(8(3)4)16-17-12(11)13(18)15-9/h7-8H,5-6H2,1-4H3,(H,16,17)(H,14,15,18). The second-order valence-electron chi connectivity index (χ2n) is 5.43. The normalized spacial score (nSPS) is 11.9. The van der Waals surface area contributed by atoms with E-state index in [1.807, 2.05) is 0 Å². The maximum atomic E-state index is 11.9. The van der Waals surface area contributed by atoms with Gasteiger partial charge in [-0.2, -0.15) is 5.10 Å². The van der Waals surface area contributed by atoms with Crippen LogP contribution in [0.3, 0.4) is 0 Å². The molecule has 98 valence electrons. The summed E-state index contributed by atoms with van der Waals surface area (Å²) in [7, 11) is 0. The highest BCUT2D eigenvalue weighted by atomic mass is 16.1. The van der Waals surface area contributed by atoms with E-state index < -0.39 is 0 Å². The molecule has 0 aliphatic carbocycles. The summed E-state index contributed by atoms with van der Waals surface area (Å²) in [5.41, 5.74) is 1.91. The van der Waals surface area contributed by atoms with Crippen molar-refractivity contribution < 1.29 is 0 Å². The lowest BCUT2D eigenvalue weighted by Gasteiger charge is -2.05. The van der Waals surface area contributed by atoms with Gasteiger partial charge in [-0.15, -0.1) is 0 Å². The van der Waals surface area contributed by atoms with Crippen LogP contribution in [-0.2, 0) is 6.42 Å². The third kappa shape index (κ3) is 2.44. The van der Waals surface area contributed by atoms with E-state index in [-0.39, 0.29) is 11.5 Å². The van der Waals surface area contributed by atoms with Gasteiger partial charge in [0.05, 0.1) is 5.69 Å². The lowest BCUT2D eigenvalue weighted by Crippen LogP contribution is -2.12. The van der Waals surface area contributed by atoms with E-state index >= 15 is 0 Å². The van der Waals surface area contributed by atoms with Crippen molar-refractivity contribution in [2.75, 3.05) is 0 Å². The van der Waals surface area contributed by atoms with Gasteiger partial charge >= 0.3 is 0 Å². The average Bonchev–Trinajstić information content (AvgIpc) is 2.70. The lowest BCUT2D eigenvalue weighted by molar-refractivity contribution is 0.575. The summed E-state index contributed by atoms with van der Waals surface area (Å²) in [6.07, 6.45) is 1.81. The van der Waals surface area contributed by atoms with Crippen LogP contribution in [0.4, 0.5) is 0 Å². The predicted molar refractivity (Wildman–Crippen MR) is 71.8 cm³/mol. The topological polar surface area (TPSA) is 74.4 Å². The molecule has 0 spiro atoms. The highest BCUT2D eigenvalue weighted by Gasteiger charge is 2.14. The third-order valence-electron chi connectivity index (χ3n) is 3.02. The molecule has 0 saturated carbocycles. The van der Waals surface area contributed by atoms with E-state index in [0.717, 1.165) is 24.4 Å². The molecule has 0 radical (unpaired) electrons. The minimum atomic E-state index is -0.151. The van der Waals surface area contributed by atoms with Crippen molar-refractivity contribution in [2.45, 2.75) is 46.5 Å². The number of aryl methyl sites for hydroxylation is 1. The van der Waals surface area contributed by atoms with E-state index in [1.165, 1.54) is 0 Å². The van der Waals surface area contributed by atoms with Gasteiger partial charge in [0, 0.05) is 6.42 Å². The molecule has 0 bridgehead atoms. The fourth-order valence-corrected chi connectivity index (χ4v) is 1.92. The van der Waals surface area contributed by atoms with Crippen LogP contribution in [0, 0.1) is 5.92 Å². The number of hydrogen-bond donors (Lipinski definition) is 2. The second kappa shape index (κ2) is 4.92. The number of aromatic nitrogens is 4. The zero-order valence-electron chi connectivity index (χ0n) is 11.4. The maximum Gasteiger partial charge on any atom is 0.279 e. The van der Waals surface area contributed by atoms with Crippen molar-refractivity contribution in [1.82, 2.24) is 20.2 Å². The van der Waals surface area contributed by atoms with Crippen molar-refractivity contribution in [3.05, 3.63) is 21.9 Å². The monoisotopic (exact) mass is 248 g/mol. The van der Waals surface area contributed by atoms with Crippen LogP contribution in [0.15, 0.2) is 4.79 Å². The summed E-state index contributed by atoms with van der Waals surface area (Å²) in [5, 5.41) is 6.96. The second-order valence-corrected chi connectivity index (χ2v) is 5.43. The van der Waals surface area contributed by atoms with Gasteiger partial charge in [0.1, 0.15) is 11.3 Å². The highest BCUT2D eigenvalue weighted by Crippen LogP contribution is 2.18. The van der Waals surface area contributed by atoms with Crippen molar-refractivity contribution in [3.63, 3.8) is 0 Å². The van der Waals surface area contributed by atoms with Crippen molar-refractivity contribution >= 4 is 11.0 Å². The third-order valence-corrected chi connectivity index (χ3v) is 3.02. The van der Waals surface area contributed by atoms with Crippen molar-refractivity contribution in [3.8, 4) is 0 Å². The molecule has 2 aromatic heterocycles. The lowest BCUT2D eigenvalue weighted by atomic mass is 10.1. The molecule has 0 aromatic carbocycles. The van der Waals surface area contributed by atoms with Gasteiger partial charge in [-0.3, -0.25) is 9.89 Å². The van der Waals surface area contributed by atoms with Crippen LogP contribution >= 0.6 is 0 Å². The van der Waals surface area contributed by atoms with Crippen molar-refractivity contribution in [2.24, 2.45) is 5.92 Å².